The van der Waals surface area contributed by atoms with Crippen molar-refractivity contribution in [1.29, 1.82) is 0 Å². The summed E-state index contributed by atoms with van der Waals surface area (Å²) >= 11 is 0. The first-order valence-electron chi connectivity index (χ1n) is 13.5. The van der Waals surface area contributed by atoms with Crippen molar-refractivity contribution in [3.8, 4) is 17.1 Å². The molecule has 0 amide bonds. The Morgan fingerprint density at radius 3 is 1.98 bits per heavy atom. The van der Waals surface area contributed by atoms with Gasteiger partial charge in [-0.3, -0.25) is 9.55 Å². The summed E-state index contributed by atoms with van der Waals surface area (Å²) in [5.74, 6) is 0.895. The van der Waals surface area contributed by atoms with Crippen LogP contribution in [0.15, 0.2) is 134 Å². The van der Waals surface area contributed by atoms with Crippen molar-refractivity contribution in [2.24, 2.45) is 0 Å². The maximum absolute atomic E-state index is 5.11. The molecule has 40 heavy (non-hydrogen) atoms. The molecule has 5 heterocycles. The van der Waals surface area contributed by atoms with Crippen LogP contribution >= 0.6 is 0 Å². The number of rotatable bonds is 2. The highest BCUT2D eigenvalue weighted by atomic mass is 15.1. The van der Waals surface area contributed by atoms with E-state index in [1.165, 1.54) is 48.9 Å². The summed E-state index contributed by atoms with van der Waals surface area (Å²) in [6.45, 7) is 0. The van der Waals surface area contributed by atoms with Gasteiger partial charge in [0, 0.05) is 44.9 Å². The van der Waals surface area contributed by atoms with E-state index in [9.17, 15) is 0 Å². The van der Waals surface area contributed by atoms with E-state index in [2.05, 4.69) is 123 Å². The lowest BCUT2D eigenvalue weighted by atomic mass is 10.1. The summed E-state index contributed by atoms with van der Waals surface area (Å²) in [7, 11) is 0. The van der Waals surface area contributed by atoms with Crippen LogP contribution < -0.4 is 0 Å². The maximum atomic E-state index is 5.11. The lowest BCUT2D eigenvalue weighted by Crippen LogP contribution is -1.98. The highest BCUT2D eigenvalue weighted by Crippen LogP contribution is 2.39. The molecule has 4 nitrogen and oxygen atoms in total. The van der Waals surface area contributed by atoms with Gasteiger partial charge in [-0.25, -0.2) is 4.98 Å². The predicted molar refractivity (Wildman–Crippen MR) is 165 cm³/mol. The van der Waals surface area contributed by atoms with Crippen LogP contribution in [0.5, 0.6) is 0 Å². The van der Waals surface area contributed by atoms with E-state index >= 15 is 0 Å². The molecule has 0 fully saturated rings. The van der Waals surface area contributed by atoms with Crippen LogP contribution in [-0.4, -0.2) is 18.9 Å². The van der Waals surface area contributed by atoms with Gasteiger partial charge in [-0.2, -0.15) is 0 Å². The van der Waals surface area contributed by atoms with Gasteiger partial charge in [-0.05, 0) is 60.0 Å². The van der Waals surface area contributed by atoms with Crippen LogP contribution in [0.2, 0.25) is 0 Å². The minimum absolute atomic E-state index is 0.895. The van der Waals surface area contributed by atoms with E-state index in [4.69, 9.17) is 4.98 Å². The van der Waals surface area contributed by atoms with Gasteiger partial charge in [0.15, 0.2) is 0 Å². The van der Waals surface area contributed by atoms with Crippen LogP contribution in [0.3, 0.4) is 0 Å². The summed E-state index contributed by atoms with van der Waals surface area (Å²) in [4.78, 5) is 9.41. The summed E-state index contributed by atoms with van der Waals surface area (Å²) in [5, 5.41) is 7.45. The average molecular weight is 511 g/mol. The van der Waals surface area contributed by atoms with E-state index in [1.807, 2.05) is 18.3 Å². The number of hydrogen-bond donors (Lipinski definition) is 0. The molecule has 4 heteroatoms. The van der Waals surface area contributed by atoms with Crippen molar-refractivity contribution in [3.63, 3.8) is 0 Å². The van der Waals surface area contributed by atoms with Crippen LogP contribution in [0.1, 0.15) is 0 Å². The Morgan fingerprint density at radius 2 is 1.18 bits per heavy atom. The summed E-state index contributed by atoms with van der Waals surface area (Å²) in [6, 6.07) is 43.3. The molecule has 0 spiro atoms. The van der Waals surface area contributed by atoms with E-state index in [0.29, 0.717) is 0 Å². The number of fused-ring (bicyclic) bond motifs is 11. The first-order chi connectivity index (χ1) is 19.8. The second-order valence-electron chi connectivity index (χ2n) is 10.3. The van der Waals surface area contributed by atoms with Gasteiger partial charge in [0.25, 0.3) is 0 Å². The second kappa shape index (κ2) is 8.01. The zero-order valence-corrected chi connectivity index (χ0v) is 21.5. The average Bonchev–Trinajstić information content (AvgIpc) is 3.56. The maximum Gasteiger partial charge on any atom is 0.138 e. The SMILES string of the molecule is c1cncc(-c2cccc(-n3c4ccccc4c4cc5c(cc43)cc3c4ccccc4c4ccccc4n53)n2)c1. The Bertz CT molecular complexity index is 2430. The molecule has 9 aromatic rings. The van der Waals surface area contributed by atoms with Gasteiger partial charge in [-0.15, -0.1) is 0 Å². The normalized spacial score (nSPS) is 12.0. The standard InChI is InChI=1S/C36H22N4/c1-2-12-27-25(10-1)26-11-3-5-15-31(26)39-33-21-29-28-13-4-6-16-32(28)40(35(29)20-24(33)19-34(27)39)36-17-7-14-30(38-36)23-9-8-18-37-22-23/h1-22H. The molecule has 186 valence electrons. The van der Waals surface area contributed by atoms with Gasteiger partial charge in [0.05, 0.1) is 33.3 Å². The molecule has 0 aliphatic carbocycles. The van der Waals surface area contributed by atoms with Crippen LogP contribution in [0.25, 0.3) is 77.0 Å². The molecule has 0 saturated carbocycles. The molecule has 0 saturated heterocycles. The van der Waals surface area contributed by atoms with Crippen molar-refractivity contribution in [2.45, 2.75) is 0 Å². The van der Waals surface area contributed by atoms with Gasteiger partial charge in [0.2, 0.25) is 0 Å². The first-order valence-corrected chi connectivity index (χ1v) is 13.5. The topological polar surface area (TPSA) is 35.1 Å². The van der Waals surface area contributed by atoms with Crippen molar-refractivity contribution in [3.05, 3.63) is 134 Å². The van der Waals surface area contributed by atoms with E-state index in [0.717, 1.165) is 28.1 Å². The van der Waals surface area contributed by atoms with Crippen molar-refractivity contribution in [1.82, 2.24) is 18.9 Å². The fraction of sp³-hybridized carbons (Fsp3) is 0. The smallest absolute Gasteiger partial charge is 0.138 e. The molecular weight excluding hydrogens is 488 g/mol. The lowest BCUT2D eigenvalue weighted by Gasteiger charge is -2.10. The predicted octanol–water partition coefficient (Wildman–Crippen LogP) is 8.95. The Kier molecular flexibility index (Phi) is 4.30. The van der Waals surface area contributed by atoms with Crippen molar-refractivity contribution in [2.75, 3.05) is 0 Å². The third-order valence-electron chi connectivity index (χ3n) is 8.15. The van der Waals surface area contributed by atoms with Crippen LogP contribution in [0.4, 0.5) is 0 Å². The molecule has 0 aliphatic heterocycles. The van der Waals surface area contributed by atoms with E-state index in [1.54, 1.807) is 6.20 Å². The second-order valence-corrected chi connectivity index (χ2v) is 10.3. The molecule has 4 aromatic carbocycles. The Balaban J connectivity index is 1.42. The molecule has 0 unspecified atom stereocenters. The third-order valence-corrected chi connectivity index (χ3v) is 8.15. The lowest BCUT2D eigenvalue weighted by molar-refractivity contribution is 1.08. The zero-order chi connectivity index (χ0) is 26.2. The molecule has 0 N–H and O–H groups in total. The van der Waals surface area contributed by atoms with Crippen LogP contribution in [-0.2, 0) is 0 Å². The monoisotopic (exact) mass is 510 g/mol. The highest BCUT2D eigenvalue weighted by molar-refractivity contribution is 6.18. The number of hydrogen-bond acceptors (Lipinski definition) is 2. The molecule has 9 rings (SSSR count). The van der Waals surface area contributed by atoms with E-state index in [-0.39, 0.29) is 0 Å². The number of pyridine rings is 3. The van der Waals surface area contributed by atoms with E-state index < -0.39 is 0 Å². The Hall–Kier alpha value is -5.48. The molecule has 0 radical (unpaired) electrons. The number of nitrogens with zero attached hydrogens (tertiary/aromatic N) is 4. The zero-order valence-electron chi connectivity index (χ0n) is 21.5. The number of para-hydroxylation sites is 2. The van der Waals surface area contributed by atoms with Gasteiger partial charge in [0.1, 0.15) is 5.82 Å². The minimum atomic E-state index is 0.895. The molecule has 0 atom stereocenters. The van der Waals surface area contributed by atoms with Crippen LogP contribution in [0, 0.1) is 0 Å². The number of benzene rings is 4. The summed E-state index contributed by atoms with van der Waals surface area (Å²) < 4.78 is 4.72. The fourth-order valence-electron chi connectivity index (χ4n) is 6.44. The van der Waals surface area contributed by atoms with Gasteiger partial charge >= 0.3 is 0 Å². The number of aromatic nitrogens is 4. The highest BCUT2D eigenvalue weighted by Gasteiger charge is 2.18. The summed E-state index contributed by atoms with van der Waals surface area (Å²) in [5.41, 5.74) is 7.86. The summed E-state index contributed by atoms with van der Waals surface area (Å²) in [6.07, 6.45) is 3.66. The molecular formula is C36H22N4. The molecule has 0 bridgehead atoms. The molecule has 0 aliphatic rings. The fourth-order valence-corrected chi connectivity index (χ4v) is 6.44. The van der Waals surface area contributed by atoms with Crippen molar-refractivity contribution >= 4 is 59.9 Å². The minimum Gasteiger partial charge on any atom is -0.309 e. The molecule has 5 aromatic heterocycles. The largest absolute Gasteiger partial charge is 0.309 e. The Morgan fingerprint density at radius 1 is 0.475 bits per heavy atom. The first kappa shape index (κ1) is 21.5. The van der Waals surface area contributed by atoms with Crippen molar-refractivity contribution < 1.29 is 0 Å². The van der Waals surface area contributed by atoms with Gasteiger partial charge < -0.3 is 4.40 Å². The third kappa shape index (κ3) is 2.90. The quantitative estimate of drug-likeness (QED) is 0.218. The van der Waals surface area contributed by atoms with Gasteiger partial charge in [-0.1, -0.05) is 66.7 Å². The Labute approximate surface area is 229 Å².